The van der Waals surface area contributed by atoms with Gasteiger partial charge in [-0.2, -0.15) is 0 Å². The number of anilines is 1. The number of nitrogens with one attached hydrogen (secondary N) is 2. The molecule has 3 N–H and O–H groups in total. The summed E-state index contributed by atoms with van der Waals surface area (Å²) in [5.74, 6) is -1.25. The minimum Gasteiger partial charge on any atom is -0.494 e. The van der Waals surface area contributed by atoms with Gasteiger partial charge in [-0.25, -0.2) is 4.79 Å². The van der Waals surface area contributed by atoms with E-state index >= 15 is 0 Å². The van der Waals surface area contributed by atoms with E-state index < -0.39 is 11.9 Å². The summed E-state index contributed by atoms with van der Waals surface area (Å²) in [5.41, 5.74) is 1.61. The number of carbonyl (C=O) groups is 2. The Hall–Kier alpha value is -2.35. The lowest BCUT2D eigenvalue weighted by molar-refractivity contribution is 0.0696. The molecule has 0 saturated carbocycles. The van der Waals surface area contributed by atoms with Crippen molar-refractivity contribution in [2.24, 2.45) is 0 Å². The van der Waals surface area contributed by atoms with E-state index in [1.807, 2.05) is 0 Å². The maximum Gasteiger partial charge on any atom is 0.335 e. The lowest BCUT2D eigenvalue weighted by Gasteiger charge is -2.13. The molecule has 136 valence electrons. The highest BCUT2D eigenvalue weighted by Crippen LogP contribution is 2.33. The first-order valence-electron chi connectivity index (χ1n) is 7.22. The lowest BCUT2D eigenvalue weighted by Crippen LogP contribution is -2.34. The van der Waals surface area contributed by atoms with Gasteiger partial charge in [0.05, 0.1) is 22.7 Å². The fraction of sp³-hybridized carbons (Fsp3) is 0.118. The molecule has 0 aliphatic rings. The number of ether oxygens (including phenoxy) is 1. The molecule has 0 radical (unpaired) electrons. The van der Waals surface area contributed by atoms with Crippen molar-refractivity contribution in [3.8, 4) is 5.75 Å². The van der Waals surface area contributed by atoms with E-state index in [1.165, 1.54) is 31.4 Å². The number of carboxylic acid groups (broad SMARTS) is 1. The van der Waals surface area contributed by atoms with Crippen LogP contribution in [-0.4, -0.2) is 29.2 Å². The third-order valence-electron chi connectivity index (χ3n) is 3.41. The molecule has 6 nitrogen and oxygen atoms in total. The third-order valence-corrected chi connectivity index (χ3v) is 4.18. The predicted octanol–water partition coefficient (Wildman–Crippen LogP) is 4.14. The molecule has 0 bridgehead atoms. The van der Waals surface area contributed by atoms with Crippen LogP contribution in [0.2, 0.25) is 10.0 Å². The van der Waals surface area contributed by atoms with Crippen molar-refractivity contribution >= 4 is 58.1 Å². The average Bonchev–Trinajstić information content (AvgIpc) is 2.56. The Kier molecular flexibility index (Phi) is 6.42. The van der Waals surface area contributed by atoms with Crippen LogP contribution in [0.5, 0.6) is 5.75 Å². The molecule has 0 unspecified atom stereocenters. The molecule has 0 aliphatic carbocycles. The lowest BCUT2D eigenvalue weighted by atomic mass is 10.1. The van der Waals surface area contributed by atoms with Crippen molar-refractivity contribution in [1.82, 2.24) is 5.32 Å². The second kappa shape index (κ2) is 8.35. The van der Waals surface area contributed by atoms with Gasteiger partial charge in [-0.05, 0) is 55.0 Å². The van der Waals surface area contributed by atoms with Gasteiger partial charge in [-0.1, -0.05) is 23.2 Å². The van der Waals surface area contributed by atoms with E-state index in [0.29, 0.717) is 11.3 Å². The molecule has 0 fully saturated rings. The molecule has 2 aromatic carbocycles. The normalized spacial score (nSPS) is 10.2. The standard InChI is InChI=1S/C17H14Cl2N2O4S/c1-8-5-9(16(23)24)3-4-13(8)20-17(26)21-15(22)10-6-11(18)14(25-2)12(19)7-10/h3-7H,1-2H3,(H,23,24)(H2,20,21,22,26). The largest absolute Gasteiger partial charge is 0.494 e. The zero-order valence-corrected chi connectivity index (χ0v) is 16.1. The molecule has 0 aliphatic heterocycles. The Bertz CT molecular complexity index is 879. The fourth-order valence-electron chi connectivity index (χ4n) is 2.15. The summed E-state index contributed by atoms with van der Waals surface area (Å²) < 4.78 is 5.03. The van der Waals surface area contributed by atoms with E-state index in [0.717, 1.165) is 0 Å². The maximum atomic E-state index is 12.3. The van der Waals surface area contributed by atoms with Crippen LogP contribution in [0.4, 0.5) is 5.69 Å². The number of halogens is 2. The Morgan fingerprint density at radius 3 is 2.23 bits per heavy atom. The zero-order chi connectivity index (χ0) is 19.4. The number of hydrogen-bond acceptors (Lipinski definition) is 4. The van der Waals surface area contributed by atoms with Gasteiger partial charge in [0.25, 0.3) is 5.91 Å². The molecular formula is C17H14Cl2N2O4S. The van der Waals surface area contributed by atoms with E-state index in [1.54, 1.807) is 13.0 Å². The second-order valence-corrected chi connectivity index (χ2v) is 6.44. The summed E-state index contributed by atoms with van der Waals surface area (Å²) in [4.78, 5) is 23.3. The minimum absolute atomic E-state index is 0.0456. The van der Waals surface area contributed by atoms with E-state index in [2.05, 4.69) is 10.6 Å². The van der Waals surface area contributed by atoms with Gasteiger partial charge in [0.15, 0.2) is 10.9 Å². The van der Waals surface area contributed by atoms with E-state index in [9.17, 15) is 9.59 Å². The first kappa shape index (κ1) is 20.0. The Balaban J connectivity index is 2.10. The van der Waals surface area contributed by atoms with Crippen LogP contribution in [0.15, 0.2) is 30.3 Å². The summed E-state index contributed by atoms with van der Waals surface area (Å²) in [7, 11) is 1.42. The van der Waals surface area contributed by atoms with Gasteiger partial charge in [-0.15, -0.1) is 0 Å². The number of amides is 1. The van der Waals surface area contributed by atoms with Crippen LogP contribution in [-0.2, 0) is 0 Å². The molecule has 0 aromatic heterocycles. The van der Waals surface area contributed by atoms with E-state index in [-0.39, 0.29) is 32.0 Å². The first-order valence-corrected chi connectivity index (χ1v) is 8.38. The number of thiocarbonyl (C=S) groups is 1. The van der Waals surface area contributed by atoms with Crippen LogP contribution in [0.3, 0.4) is 0 Å². The monoisotopic (exact) mass is 412 g/mol. The van der Waals surface area contributed by atoms with Crippen LogP contribution in [0, 0.1) is 6.92 Å². The SMILES string of the molecule is COc1c(Cl)cc(C(=O)NC(=S)Nc2ccc(C(=O)O)cc2C)cc1Cl. The van der Waals surface area contributed by atoms with Crippen LogP contribution in [0.25, 0.3) is 0 Å². The summed E-state index contributed by atoms with van der Waals surface area (Å²) in [6, 6.07) is 7.33. The van der Waals surface area contributed by atoms with Crippen molar-refractivity contribution in [3.63, 3.8) is 0 Å². The molecule has 2 aromatic rings. The maximum absolute atomic E-state index is 12.3. The van der Waals surface area contributed by atoms with Crippen molar-refractivity contribution in [1.29, 1.82) is 0 Å². The number of carboxylic acids is 1. The summed E-state index contributed by atoms with van der Waals surface area (Å²) in [6.07, 6.45) is 0. The number of carbonyl (C=O) groups excluding carboxylic acids is 1. The van der Waals surface area contributed by atoms with Crippen molar-refractivity contribution in [3.05, 3.63) is 57.1 Å². The van der Waals surface area contributed by atoms with Crippen molar-refractivity contribution < 1.29 is 19.4 Å². The molecule has 0 spiro atoms. The highest BCUT2D eigenvalue weighted by atomic mass is 35.5. The van der Waals surface area contributed by atoms with Gasteiger partial charge < -0.3 is 15.2 Å². The predicted molar refractivity (Wildman–Crippen MR) is 105 cm³/mol. The summed E-state index contributed by atoms with van der Waals surface area (Å²) >= 11 is 17.2. The van der Waals surface area contributed by atoms with Crippen LogP contribution < -0.4 is 15.4 Å². The zero-order valence-electron chi connectivity index (χ0n) is 13.7. The Labute approximate surface area is 165 Å². The van der Waals surface area contributed by atoms with Gasteiger partial charge in [0, 0.05) is 11.3 Å². The first-order chi connectivity index (χ1) is 12.2. The van der Waals surface area contributed by atoms with Crippen molar-refractivity contribution in [2.75, 3.05) is 12.4 Å². The number of methoxy groups -OCH3 is 1. The highest BCUT2D eigenvalue weighted by Gasteiger charge is 2.15. The molecule has 2 rings (SSSR count). The second-order valence-electron chi connectivity index (χ2n) is 5.22. The summed E-state index contributed by atoms with van der Waals surface area (Å²) in [5, 5.41) is 14.8. The van der Waals surface area contributed by atoms with Crippen LogP contribution in [0.1, 0.15) is 26.3 Å². The quantitative estimate of drug-likeness (QED) is 0.654. The number of aryl methyl sites for hydroxylation is 1. The number of aromatic carboxylic acids is 1. The van der Waals surface area contributed by atoms with Gasteiger partial charge in [-0.3, -0.25) is 10.1 Å². The minimum atomic E-state index is -1.02. The molecule has 26 heavy (non-hydrogen) atoms. The number of hydrogen-bond donors (Lipinski definition) is 3. The topological polar surface area (TPSA) is 87.7 Å². The molecular weight excluding hydrogens is 399 g/mol. The Morgan fingerprint density at radius 1 is 1.12 bits per heavy atom. The third kappa shape index (κ3) is 4.63. The van der Waals surface area contributed by atoms with E-state index in [4.69, 9.17) is 45.3 Å². The smallest absolute Gasteiger partial charge is 0.335 e. The van der Waals surface area contributed by atoms with Gasteiger partial charge >= 0.3 is 5.97 Å². The number of benzene rings is 2. The number of rotatable bonds is 4. The fourth-order valence-corrected chi connectivity index (χ4v) is 3.00. The van der Waals surface area contributed by atoms with Gasteiger partial charge in [0.1, 0.15) is 0 Å². The molecule has 1 amide bonds. The van der Waals surface area contributed by atoms with Crippen LogP contribution >= 0.6 is 35.4 Å². The van der Waals surface area contributed by atoms with Crippen molar-refractivity contribution in [2.45, 2.75) is 6.92 Å². The average molecular weight is 413 g/mol. The molecule has 0 heterocycles. The Morgan fingerprint density at radius 2 is 1.73 bits per heavy atom. The molecule has 0 saturated heterocycles. The summed E-state index contributed by atoms with van der Waals surface area (Å²) in [6.45, 7) is 1.72. The van der Waals surface area contributed by atoms with Gasteiger partial charge in [0.2, 0.25) is 0 Å². The molecule has 0 atom stereocenters. The highest BCUT2D eigenvalue weighted by molar-refractivity contribution is 7.80. The molecule has 9 heteroatoms.